The Hall–Kier alpha value is -2.60. The average Bonchev–Trinajstić information content (AvgIpc) is 3.49. The van der Waals surface area contributed by atoms with E-state index in [0.717, 1.165) is 18.4 Å². The Kier molecular flexibility index (Phi) is 4.52. The lowest BCUT2D eigenvalue weighted by molar-refractivity contribution is 0.590. The molecule has 1 heterocycles. The van der Waals surface area contributed by atoms with Crippen molar-refractivity contribution in [1.82, 2.24) is 4.57 Å². The van der Waals surface area contributed by atoms with Crippen LogP contribution in [0.3, 0.4) is 0 Å². The highest BCUT2D eigenvalue weighted by Gasteiger charge is 2.29. The lowest BCUT2D eigenvalue weighted by Gasteiger charge is -2.17. The molecule has 0 bridgehead atoms. The summed E-state index contributed by atoms with van der Waals surface area (Å²) in [5.41, 5.74) is 5.82. The SMILES string of the molecule is Nc1c(F)c(NCCc2ccc(Cl)cc2)c(F)c2c1c(=O)ccn2C1CC1. The standard InChI is InChI=1S/C20H18ClF2N3O/c21-12-3-1-11(2-4-12)7-9-25-19-16(22)18(24)15-14(27)8-10-26(13-5-6-13)20(15)17(19)23/h1-4,8,10,13,25H,5-7,9,24H2. The smallest absolute Gasteiger partial charge is 0.191 e. The van der Waals surface area contributed by atoms with E-state index in [-0.39, 0.29) is 28.3 Å². The quantitative estimate of drug-likeness (QED) is 0.631. The fourth-order valence-corrected chi connectivity index (χ4v) is 3.42. The number of pyridine rings is 1. The van der Waals surface area contributed by atoms with Gasteiger partial charge in [-0.3, -0.25) is 4.79 Å². The number of hydrogen-bond acceptors (Lipinski definition) is 3. The molecule has 0 saturated heterocycles. The fraction of sp³-hybridized carbons (Fsp3) is 0.250. The van der Waals surface area contributed by atoms with E-state index in [0.29, 0.717) is 18.0 Å². The van der Waals surface area contributed by atoms with Crippen molar-refractivity contribution in [1.29, 1.82) is 0 Å². The third-order valence-electron chi connectivity index (χ3n) is 4.85. The number of aromatic nitrogens is 1. The van der Waals surface area contributed by atoms with Crippen LogP contribution in [0, 0.1) is 11.6 Å². The summed E-state index contributed by atoms with van der Waals surface area (Å²) in [5.74, 6) is -1.71. The number of halogens is 3. The number of rotatable bonds is 5. The molecule has 1 aliphatic carbocycles. The first kappa shape index (κ1) is 17.8. The van der Waals surface area contributed by atoms with Gasteiger partial charge in [-0.25, -0.2) is 8.78 Å². The van der Waals surface area contributed by atoms with Crippen LogP contribution in [0.5, 0.6) is 0 Å². The lowest BCUT2D eigenvalue weighted by atomic mass is 10.1. The zero-order valence-electron chi connectivity index (χ0n) is 14.4. The van der Waals surface area contributed by atoms with Crippen LogP contribution in [0.25, 0.3) is 10.9 Å². The second kappa shape index (κ2) is 6.85. The molecule has 4 nitrogen and oxygen atoms in total. The lowest BCUT2D eigenvalue weighted by Crippen LogP contribution is -2.16. The van der Waals surface area contributed by atoms with Crippen molar-refractivity contribution in [2.45, 2.75) is 25.3 Å². The molecule has 0 spiro atoms. The molecule has 4 rings (SSSR count). The van der Waals surface area contributed by atoms with Crippen LogP contribution in [-0.4, -0.2) is 11.1 Å². The molecule has 1 aliphatic rings. The predicted octanol–water partition coefficient (Wildman–Crippen LogP) is 4.50. The van der Waals surface area contributed by atoms with Crippen LogP contribution in [0.4, 0.5) is 20.2 Å². The number of benzene rings is 2. The molecule has 2 aromatic carbocycles. The van der Waals surface area contributed by atoms with Gasteiger partial charge in [0.1, 0.15) is 5.69 Å². The van der Waals surface area contributed by atoms with Crippen molar-refractivity contribution in [3.05, 3.63) is 69.0 Å². The van der Waals surface area contributed by atoms with Gasteiger partial charge >= 0.3 is 0 Å². The highest BCUT2D eigenvalue weighted by molar-refractivity contribution is 6.30. The Bertz CT molecular complexity index is 1080. The highest BCUT2D eigenvalue weighted by atomic mass is 35.5. The maximum atomic E-state index is 15.2. The normalized spacial score (nSPS) is 13.9. The van der Waals surface area contributed by atoms with Gasteiger partial charge in [-0.05, 0) is 37.0 Å². The number of nitrogen functional groups attached to an aromatic ring is 1. The number of nitrogens with zero attached hydrogens (tertiary/aromatic N) is 1. The molecule has 3 N–H and O–H groups in total. The topological polar surface area (TPSA) is 60.0 Å². The minimum atomic E-state index is -0.929. The first-order valence-corrected chi connectivity index (χ1v) is 9.14. The molecule has 1 saturated carbocycles. The monoisotopic (exact) mass is 389 g/mol. The number of hydrogen-bond donors (Lipinski definition) is 2. The number of nitrogens with two attached hydrogens (primary N) is 1. The van der Waals surface area contributed by atoms with Gasteiger partial charge < -0.3 is 15.6 Å². The van der Waals surface area contributed by atoms with E-state index in [1.54, 1.807) is 22.9 Å². The number of nitrogens with one attached hydrogen (secondary N) is 1. The van der Waals surface area contributed by atoms with Crippen LogP contribution >= 0.6 is 11.6 Å². The Labute approximate surface area is 159 Å². The minimum Gasteiger partial charge on any atom is -0.396 e. The number of fused-ring (bicyclic) bond motifs is 1. The van der Waals surface area contributed by atoms with Gasteiger partial charge in [0.2, 0.25) is 0 Å². The third kappa shape index (κ3) is 3.25. The molecule has 0 atom stereocenters. The fourth-order valence-electron chi connectivity index (χ4n) is 3.29. The first-order chi connectivity index (χ1) is 13.0. The van der Waals surface area contributed by atoms with Gasteiger partial charge in [-0.15, -0.1) is 0 Å². The van der Waals surface area contributed by atoms with E-state index in [2.05, 4.69) is 5.32 Å². The molecule has 0 aliphatic heterocycles. The summed E-state index contributed by atoms with van der Waals surface area (Å²) in [4.78, 5) is 12.2. The van der Waals surface area contributed by atoms with E-state index in [9.17, 15) is 9.18 Å². The van der Waals surface area contributed by atoms with Crippen molar-refractivity contribution in [3.8, 4) is 0 Å². The van der Waals surface area contributed by atoms with Crippen molar-refractivity contribution >= 4 is 33.9 Å². The molecule has 1 aromatic heterocycles. The van der Waals surface area contributed by atoms with Gasteiger partial charge in [0.25, 0.3) is 0 Å². The zero-order valence-corrected chi connectivity index (χ0v) is 15.2. The summed E-state index contributed by atoms with van der Waals surface area (Å²) >= 11 is 5.86. The van der Waals surface area contributed by atoms with Gasteiger partial charge in [-0.2, -0.15) is 0 Å². The van der Waals surface area contributed by atoms with Gasteiger partial charge in [0, 0.05) is 29.9 Å². The molecule has 0 unspecified atom stereocenters. The Morgan fingerprint density at radius 3 is 2.52 bits per heavy atom. The molecular weight excluding hydrogens is 372 g/mol. The van der Waals surface area contributed by atoms with Crippen LogP contribution in [-0.2, 0) is 6.42 Å². The summed E-state index contributed by atoms with van der Waals surface area (Å²) in [6.45, 7) is 0.306. The summed E-state index contributed by atoms with van der Waals surface area (Å²) < 4.78 is 31.6. The molecule has 7 heteroatoms. The van der Waals surface area contributed by atoms with Crippen molar-refractivity contribution in [2.75, 3.05) is 17.6 Å². The Morgan fingerprint density at radius 2 is 1.85 bits per heavy atom. The van der Waals surface area contributed by atoms with Crippen LogP contribution in [0.1, 0.15) is 24.4 Å². The van der Waals surface area contributed by atoms with Crippen molar-refractivity contribution < 1.29 is 8.78 Å². The van der Waals surface area contributed by atoms with Gasteiger partial charge in [-0.1, -0.05) is 23.7 Å². The molecule has 27 heavy (non-hydrogen) atoms. The van der Waals surface area contributed by atoms with Crippen LogP contribution in [0.2, 0.25) is 5.02 Å². The maximum absolute atomic E-state index is 15.2. The van der Waals surface area contributed by atoms with Crippen molar-refractivity contribution in [2.24, 2.45) is 0 Å². The highest BCUT2D eigenvalue weighted by Crippen LogP contribution is 2.40. The predicted molar refractivity (Wildman–Crippen MR) is 104 cm³/mol. The Morgan fingerprint density at radius 1 is 1.15 bits per heavy atom. The van der Waals surface area contributed by atoms with E-state index in [4.69, 9.17) is 17.3 Å². The van der Waals surface area contributed by atoms with Gasteiger partial charge in [0.05, 0.1) is 16.6 Å². The summed E-state index contributed by atoms with van der Waals surface area (Å²) in [5, 5.41) is 3.34. The largest absolute Gasteiger partial charge is 0.396 e. The van der Waals surface area contributed by atoms with E-state index < -0.39 is 17.1 Å². The third-order valence-corrected chi connectivity index (χ3v) is 5.10. The molecule has 140 valence electrons. The minimum absolute atomic E-state index is 0.0675. The molecule has 0 amide bonds. The van der Waals surface area contributed by atoms with E-state index in [1.165, 1.54) is 6.07 Å². The molecular formula is C20H18ClF2N3O. The zero-order chi connectivity index (χ0) is 19.1. The Balaban J connectivity index is 1.71. The average molecular weight is 390 g/mol. The van der Waals surface area contributed by atoms with E-state index in [1.807, 2.05) is 12.1 Å². The van der Waals surface area contributed by atoms with Gasteiger partial charge in [0.15, 0.2) is 17.1 Å². The maximum Gasteiger partial charge on any atom is 0.191 e. The van der Waals surface area contributed by atoms with E-state index >= 15 is 4.39 Å². The van der Waals surface area contributed by atoms with Crippen LogP contribution in [0.15, 0.2) is 41.3 Å². The van der Waals surface area contributed by atoms with Crippen molar-refractivity contribution in [3.63, 3.8) is 0 Å². The second-order valence-electron chi connectivity index (χ2n) is 6.76. The summed E-state index contributed by atoms with van der Waals surface area (Å²) in [6, 6.07) is 8.67. The number of anilines is 2. The molecule has 1 fully saturated rings. The second-order valence-corrected chi connectivity index (χ2v) is 7.20. The summed E-state index contributed by atoms with van der Waals surface area (Å²) in [6.07, 6.45) is 3.90. The summed E-state index contributed by atoms with van der Waals surface area (Å²) in [7, 11) is 0. The molecule has 3 aromatic rings. The van der Waals surface area contributed by atoms with Crippen LogP contribution < -0.4 is 16.5 Å². The molecule has 0 radical (unpaired) electrons. The first-order valence-electron chi connectivity index (χ1n) is 8.77.